The number of hydrogen-bond acceptors (Lipinski definition) is 5. The quantitative estimate of drug-likeness (QED) is 0.487. The number of amides is 3. The Balaban J connectivity index is 1.40. The standard InChI is InChI=1S/C29H27N3O4/c1-17-7-12-22-21(15-17)29(28(36)30-22)25-24(23(31-29)16-19-8-10-20(33)11-9-19)26(34)32(27(25)35)14-13-18-5-3-2-4-6-18/h2-12,15,23-25,31,33H,13-14,16H2,1H3,(H,30,36)/t23-,24+,25-,29+/m0/s1. The Labute approximate surface area is 209 Å². The van der Waals surface area contributed by atoms with Crippen LogP contribution in [0.25, 0.3) is 0 Å². The molecule has 3 aliphatic heterocycles. The summed E-state index contributed by atoms with van der Waals surface area (Å²) in [5, 5.41) is 16.1. The van der Waals surface area contributed by atoms with Crippen LogP contribution in [0.3, 0.4) is 0 Å². The molecule has 6 rings (SSSR count). The Hall–Kier alpha value is -3.97. The fraction of sp³-hybridized carbons (Fsp3) is 0.276. The van der Waals surface area contributed by atoms with Crippen LogP contribution >= 0.6 is 0 Å². The van der Waals surface area contributed by atoms with Gasteiger partial charge in [-0.2, -0.15) is 0 Å². The largest absolute Gasteiger partial charge is 0.508 e. The molecular formula is C29H27N3O4. The number of nitrogens with zero attached hydrogens (tertiary/aromatic N) is 1. The number of phenolic OH excluding ortho intramolecular Hbond substituents is 1. The van der Waals surface area contributed by atoms with Gasteiger partial charge in [0.15, 0.2) is 0 Å². The lowest BCUT2D eigenvalue weighted by Crippen LogP contribution is -2.53. The van der Waals surface area contributed by atoms with E-state index in [1.165, 1.54) is 4.90 Å². The van der Waals surface area contributed by atoms with Crippen molar-refractivity contribution < 1.29 is 19.5 Å². The van der Waals surface area contributed by atoms with Crippen LogP contribution in [0.2, 0.25) is 0 Å². The van der Waals surface area contributed by atoms with E-state index >= 15 is 0 Å². The van der Waals surface area contributed by atoms with Gasteiger partial charge in [-0.15, -0.1) is 0 Å². The number of rotatable bonds is 5. The second-order valence-electron chi connectivity index (χ2n) is 10.00. The molecule has 1 spiro atoms. The van der Waals surface area contributed by atoms with Crippen molar-refractivity contribution in [3.63, 3.8) is 0 Å². The number of phenols is 1. The highest BCUT2D eigenvalue weighted by molar-refractivity contribution is 6.15. The Kier molecular flexibility index (Phi) is 5.19. The summed E-state index contributed by atoms with van der Waals surface area (Å²) in [5.74, 6) is -2.16. The summed E-state index contributed by atoms with van der Waals surface area (Å²) < 4.78 is 0. The number of benzene rings is 3. The van der Waals surface area contributed by atoms with Gasteiger partial charge >= 0.3 is 0 Å². The summed E-state index contributed by atoms with van der Waals surface area (Å²) in [7, 11) is 0. The SMILES string of the molecule is Cc1ccc2c(c1)[C@]1(N[C@@H](Cc3ccc(O)cc3)[C@H]3C(=O)N(CCc4ccccc4)C(=O)[C@H]31)C(=O)N2. The maximum absolute atomic E-state index is 13.9. The zero-order chi connectivity index (χ0) is 25.0. The first-order chi connectivity index (χ1) is 17.4. The number of carbonyl (C=O) groups excluding carboxylic acids is 3. The lowest BCUT2D eigenvalue weighted by atomic mass is 9.76. The molecule has 3 amide bonds. The molecule has 3 N–H and O–H groups in total. The van der Waals surface area contributed by atoms with Gasteiger partial charge in [0.1, 0.15) is 11.3 Å². The molecule has 7 heteroatoms. The molecule has 0 radical (unpaired) electrons. The Bertz CT molecular complexity index is 1370. The molecule has 3 heterocycles. The predicted octanol–water partition coefficient (Wildman–Crippen LogP) is 2.91. The van der Waals surface area contributed by atoms with Crippen molar-refractivity contribution in [3.05, 3.63) is 95.1 Å². The van der Waals surface area contributed by atoms with Crippen LogP contribution in [-0.4, -0.2) is 40.3 Å². The molecule has 0 aliphatic carbocycles. The molecule has 7 nitrogen and oxygen atoms in total. The minimum absolute atomic E-state index is 0.159. The molecule has 0 saturated carbocycles. The summed E-state index contributed by atoms with van der Waals surface area (Å²) in [5.41, 5.74) is 3.02. The topological polar surface area (TPSA) is 98.7 Å². The fourth-order valence-electron chi connectivity index (χ4n) is 6.14. The Morgan fingerprint density at radius 1 is 0.917 bits per heavy atom. The third-order valence-electron chi connectivity index (χ3n) is 7.82. The number of carbonyl (C=O) groups is 3. The van der Waals surface area contributed by atoms with Crippen molar-refractivity contribution in [3.8, 4) is 5.75 Å². The van der Waals surface area contributed by atoms with E-state index in [0.29, 0.717) is 18.5 Å². The van der Waals surface area contributed by atoms with E-state index in [-0.39, 0.29) is 30.0 Å². The molecule has 182 valence electrons. The van der Waals surface area contributed by atoms with Crippen molar-refractivity contribution >= 4 is 23.4 Å². The highest BCUT2D eigenvalue weighted by Crippen LogP contribution is 2.53. The van der Waals surface area contributed by atoms with Gasteiger partial charge in [0.05, 0.1) is 11.8 Å². The monoisotopic (exact) mass is 481 g/mol. The fourth-order valence-corrected chi connectivity index (χ4v) is 6.14. The van der Waals surface area contributed by atoms with E-state index in [1.807, 2.05) is 55.5 Å². The molecule has 2 fully saturated rings. The highest BCUT2D eigenvalue weighted by atomic mass is 16.3. The summed E-state index contributed by atoms with van der Waals surface area (Å²) in [6, 6.07) is 21.9. The van der Waals surface area contributed by atoms with Crippen LogP contribution < -0.4 is 10.6 Å². The molecule has 2 saturated heterocycles. The zero-order valence-corrected chi connectivity index (χ0v) is 19.9. The van der Waals surface area contributed by atoms with Crippen molar-refractivity contribution in [2.24, 2.45) is 11.8 Å². The minimum atomic E-state index is -1.30. The summed E-state index contributed by atoms with van der Waals surface area (Å²) >= 11 is 0. The van der Waals surface area contributed by atoms with Gasteiger partial charge in [-0.05, 0) is 49.1 Å². The second-order valence-corrected chi connectivity index (χ2v) is 10.00. The first-order valence-corrected chi connectivity index (χ1v) is 12.3. The minimum Gasteiger partial charge on any atom is -0.508 e. The van der Waals surface area contributed by atoms with Crippen LogP contribution in [0.4, 0.5) is 5.69 Å². The number of aryl methyl sites for hydroxylation is 1. The number of imide groups is 1. The third kappa shape index (κ3) is 3.34. The highest BCUT2D eigenvalue weighted by Gasteiger charge is 2.70. The van der Waals surface area contributed by atoms with E-state index < -0.39 is 23.4 Å². The van der Waals surface area contributed by atoms with E-state index in [2.05, 4.69) is 10.6 Å². The number of likely N-dealkylation sites (tertiary alicyclic amines) is 1. The Morgan fingerprint density at radius 2 is 1.67 bits per heavy atom. The summed E-state index contributed by atoms with van der Waals surface area (Å²) in [4.78, 5) is 42.7. The molecule has 0 bridgehead atoms. The van der Waals surface area contributed by atoms with Crippen LogP contribution in [0.5, 0.6) is 5.75 Å². The molecule has 3 aromatic rings. The van der Waals surface area contributed by atoms with Crippen LogP contribution in [0, 0.1) is 18.8 Å². The van der Waals surface area contributed by atoms with Crippen molar-refractivity contribution in [2.45, 2.75) is 31.3 Å². The average molecular weight is 482 g/mol. The normalized spacial score (nSPS) is 26.4. The van der Waals surface area contributed by atoms with Crippen LogP contribution in [0.15, 0.2) is 72.8 Å². The first kappa shape index (κ1) is 22.5. The van der Waals surface area contributed by atoms with Crippen molar-refractivity contribution in [1.29, 1.82) is 0 Å². The van der Waals surface area contributed by atoms with Crippen LogP contribution in [0.1, 0.15) is 22.3 Å². The van der Waals surface area contributed by atoms with Gasteiger partial charge in [-0.25, -0.2) is 0 Å². The van der Waals surface area contributed by atoms with E-state index in [4.69, 9.17) is 0 Å². The Morgan fingerprint density at radius 3 is 2.42 bits per heavy atom. The summed E-state index contributed by atoms with van der Waals surface area (Å²) in [6.45, 7) is 2.23. The smallest absolute Gasteiger partial charge is 0.250 e. The maximum atomic E-state index is 13.9. The van der Waals surface area contributed by atoms with Gasteiger partial charge in [0.25, 0.3) is 0 Å². The van der Waals surface area contributed by atoms with Gasteiger partial charge in [0, 0.05) is 23.8 Å². The molecule has 3 aromatic carbocycles. The van der Waals surface area contributed by atoms with Crippen molar-refractivity contribution in [1.82, 2.24) is 10.2 Å². The molecule has 3 aliphatic rings. The van der Waals surface area contributed by atoms with Crippen molar-refractivity contribution in [2.75, 3.05) is 11.9 Å². The summed E-state index contributed by atoms with van der Waals surface area (Å²) in [6.07, 6.45) is 1.01. The lowest BCUT2D eigenvalue weighted by molar-refractivity contribution is -0.142. The lowest BCUT2D eigenvalue weighted by Gasteiger charge is -2.29. The average Bonchev–Trinajstić information content (AvgIpc) is 3.44. The van der Waals surface area contributed by atoms with Gasteiger partial charge in [-0.3, -0.25) is 24.6 Å². The zero-order valence-electron chi connectivity index (χ0n) is 19.9. The van der Waals surface area contributed by atoms with Gasteiger partial charge in [-0.1, -0.05) is 60.2 Å². The third-order valence-corrected chi connectivity index (χ3v) is 7.82. The van der Waals surface area contributed by atoms with E-state index in [1.54, 1.807) is 24.3 Å². The van der Waals surface area contributed by atoms with Gasteiger partial charge < -0.3 is 10.4 Å². The molecule has 0 aromatic heterocycles. The molecular weight excluding hydrogens is 454 g/mol. The molecule has 4 atom stereocenters. The predicted molar refractivity (Wildman–Crippen MR) is 134 cm³/mol. The number of fused-ring (bicyclic) bond motifs is 4. The first-order valence-electron chi connectivity index (χ1n) is 12.3. The molecule has 36 heavy (non-hydrogen) atoms. The number of anilines is 1. The van der Waals surface area contributed by atoms with E-state index in [0.717, 1.165) is 22.3 Å². The number of hydrogen-bond donors (Lipinski definition) is 3. The van der Waals surface area contributed by atoms with Crippen LogP contribution in [-0.2, 0) is 32.8 Å². The second kappa shape index (κ2) is 8.31. The number of aromatic hydroxyl groups is 1. The van der Waals surface area contributed by atoms with Gasteiger partial charge in [0.2, 0.25) is 17.7 Å². The number of nitrogens with one attached hydrogen (secondary N) is 2. The van der Waals surface area contributed by atoms with E-state index in [9.17, 15) is 19.5 Å². The molecule has 0 unspecified atom stereocenters. The maximum Gasteiger partial charge on any atom is 0.250 e.